The molecule has 0 spiro atoms. The standard InChI is InChI=1S/C18H15BrN2O3/c1-11(22)24-17-18(23)21(2)15-9-8-13(19)10-14(15)16(20-17)12-6-4-3-5-7-12/h3-10,17H,1-2H3/t17-/m0/s1. The second-order valence-electron chi connectivity index (χ2n) is 5.36. The number of likely N-dealkylation sites (N-methyl/N-ethyl adjacent to an activating group) is 1. The van der Waals surface area contributed by atoms with Crippen LogP contribution in [-0.2, 0) is 14.3 Å². The van der Waals surface area contributed by atoms with Crippen LogP contribution in [0.4, 0.5) is 5.69 Å². The lowest BCUT2D eigenvalue weighted by molar-refractivity contribution is -0.152. The van der Waals surface area contributed by atoms with Gasteiger partial charge in [-0.15, -0.1) is 0 Å². The highest BCUT2D eigenvalue weighted by molar-refractivity contribution is 9.10. The van der Waals surface area contributed by atoms with Crippen LogP contribution in [0.15, 0.2) is 58.0 Å². The fraction of sp³-hybridized carbons (Fsp3) is 0.167. The number of ether oxygens (including phenoxy) is 1. The van der Waals surface area contributed by atoms with Crippen LogP contribution >= 0.6 is 15.9 Å². The van der Waals surface area contributed by atoms with E-state index < -0.39 is 12.2 Å². The molecule has 0 aromatic heterocycles. The third kappa shape index (κ3) is 3.10. The van der Waals surface area contributed by atoms with Crippen LogP contribution in [0.1, 0.15) is 18.1 Å². The highest BCUT2D eigenvalue weighted by Crippen LogP contribution is 2.30. The van der Waals surface area contributed by atoms with Gasteiger partial charge in [0.1, 0.15) is 0 Å². The zero-order chi connectivity index (χ0) is 17.3. The first-order valence-corrected chi connectivity index (χ1v) is 8.14. The molecule has 3 rings (SSSR count). The highest BCUT2D eigenvalue weighted by atomic mass is 79.9. The fourth-order valence-electron chi connectivity index (χ4n) is 2.58. The van der Waals surface area contributed by atoms with Crippen LogP contribution < -0.4 is 4.90 Å². The lowest BCUT2D eigenvalue weighted by Gasteiger charge is -2.20. The average Bonchev–Trinajstić information content (AvgIpc) is 2.66. The maximum Gasteiger partial charge on any atom is 0.305 e. The van der Waals surface area contributed by atoms with E-state index in [0.717, 1.165) is 15.6 Å². The van der Waals surface area contributed by atoms with Crippen LogP contribution in [0.2, 0.25) is 0 Å². The SMILES string of the molecule is CC(=O)O[C@@H]1N=C(c2ccccc2)c2cc(Br)ccc2N(C)C1=O. The molecular weight excluding hydrogens is 372 g/mol. The number of halogens is 1. The van der Waals surface area contributed by atoms with Crippen molar-refractivity contribution in [1.82, 2.24) is 0 Å². The van der Waals surface area contributed by atoms with E-state index in [-0.39, 0.29) is 5.91 Å². The molecule has 6 heteroatoms. The molecule has 2 aromatic carbocycles. The Morgan fingerprint density at radius 3 is 2.58 bits per heavy atom. The monoisotopic (exact) mass is 386 g/mol. The summed E-state index contributed by atoms with van der Waals surface area (Å²) in [4.78, 5) is 29.9. The molecule has 0 unspecified atom stereocenters. The average molecular weight is 387 g/mol. The van der Waals surface area contributed by atoms with Gasteiger partial charge in [-0.2, -0.15) is 0 Å². The second-order valence-corrected chi connectivity index (χ2v) is 6.28. The van der Waals surface area contributed by atoms with Gasteiger partial charge in [-0.25, -0.2) is 4.99 Å². The lowest BCUT2D eigenvalue weighted by atomic mass is 10.0. The van der Waals surface area contributed by atoms with Crippen molar-refractivity contribution < 1.29 is 14.3 Å². The topological polar surface area (TPSA) is 59.0 Å². The summed E-state index contributed by atoms with van der Waals surface area (Å²) in [5.74, 6) is -0.940. The van der Waals surface area contributed by atoms with E-state index in [4.69, 9.17) is 4.74 Å². The van der Waals surface area contributed by atoms with Crippen LogP contribution in [0.5, 0.6) is 0 Å². The quantitative estimate of drug-likeness (QED) is 0.744. The van der Waals surface area contributed by atoms with Crippen molar-refractivity contribution in [3.05, 3.63) is 64.1 Å². The largest absolute Gasteiger partial charge is 0.430 e. The molecule has 24 heavy (non-hydrogen) atoms. The van der Waals surface area contributed by atoms with Crippen molar-refractivity contribution in [2.45, 2.75) is 13.2 Å². The van der Waals surface area contributed by atoms with E-state index in [1.54, 1.807) is 7.05 Å². The van der Waals surface area contributed by atoms with Crippen molar-refractivity contribution in [3.63, 3.8) is 0 Å². The minimum absolute atomic E-state index is 0.389. The Kier molecular flexibility index (Phi) is 4.49. The van der Waals surface area contributed by atoms with Crippen LogP contribution in [0, 0.1) is 0 Å². The van der Waals surface area contributed by atoms with Crippen molar-refractivity contribution in [2.24, 2.45) is 4.99 Å². The van der Waals surface area contributed by atoms with E-state index in [1.807, 2.05) is 48.5 Å². The smallest absolute Gasteiger partial charge is 0.305 e. The first-order valence-electron chi connectivity index (χ1n) is 7.35. The predicted octanol–water partition coefficient (Wildman–Crippen LogP) is 3.15. The molecular formula is C18H15BrN2O3. The molecule has 0 saturated heterocycles. The summed E-state index contributed by atoms with van der Waals surface area (Å²) in [6, 6.07) is 15.1. The number of hydrogen-bond donors (Lipinski definition) is 0. The molecule has 1 aliphatic heterocycles. The van der Waals surface area contributed by atoms with E-state index in [1.165, 1.54) is 11.8 Å². The Labute approximate surface area is 148 Å². The zero-order valence-corrected chi connectivity index (χ0v) is 14.8. The molecule has 0 bridgehead atoms. The molecule has 1 heterocycles. The van der Waals surface area contributed by atoms with Gasteiger partial charge in [-0.1, -0.05) is 46.3 Å². The summed E-state index contributed by atoms with van der Waals surface area (Å²) in [6.07, 6.45) is -1.20. The van der Waals surface area contributed by atoms with E-state index in [2.05, 4.69) is 20.9 Å². The predicted molar refractivity (Wildman–Crippen MR) is 95.2 cm³/mol. The number of amides is 1. The molecule has 0 aliphatic carbocycles. The molecule has 0 fully saturated rings. The minimum Gasteiger partial charge on any atom is -0.430 e. The number of benzene rings is 2. The number of esters is 1. The van der Waals surface area contributed by atoms with Gasteiger partial charge >= 0.3 is 5.97 Å². The summed E-state index contributed by atoms with van der Waals surface area (Å²) in [7, 11) is 1.65. The maximum absolute atomic E-state index is 12.6. The molecule has 1 amide bonds. The third-order valence-corrected chi connectivity index (χ3v) is 4.18. The third-order valence-electron chi connectivity index (χ3n) is 3.69. The van der Waals surface area contributed by atoms with Crippen molar-refractivity contribution in [2.75, 3.05) is 11.9 Å². The number of carbonyl (C=O) groups excluding carboxylic acids is 2. The van der Waals surface area contributed by atoms with Gasteiger partial charge in [-0.05, 0) is 18.2 Å². The van der Waals surface area contributed by atoms with Crippen LogP contribution in [0.3, 0.4) is 0 Å². The van der Waals surface area contributed by atoms with Gasteiger partial charge in [0.05, 0.1) is 11.4 Å². The van der Waals surface area contributed by atoms with Gasteiger partial charge in [-0.3, -0.25) is 9.59 Å². The van der Waals surface area contributed by atoms with Crippen molar-refractivity contribution >= 4 is 39.2 Å². The molecule has 5 nitrogen and oxygen atoms in total. The number of nitrogens with zero attached hydrogens (tertiary/aromatic N) is 2. The number of aliphatic imine (C=N–C) groups is 1. The lowest BCUT2D eigenvalue weighted by Crippen LogP contribution is -2.37. The summed E-state index contributed by atoms with van der Waals surface area (Å²) in [6.45, 7) is 1.26. The van der Waals surface area contributed by atoms with Crippen LogP contribution in [0.25, 0.3) is 0 Å². The van der Waals surface area contributed by atoms with Gasteiger partial charge < -0.3 is 9.64 Å². The molecule has 1 aliphatic rings. The molecule has 0 radical (unpaired) electrons. The number of hydrogen-bond acceptors (Lipinski definition) is 4. The Morgan fingerprint density at radius 1 is 1.21 bits per heavy atom. The Morgan fingerprint density at radius 2 is 1.92 bits per heavy atom. The normalized spacial score (nSPS) is 17.0. The Balaban J connectivity index is 2.24. The zero-order valence-electron chi connectivity index (χ0n) is 13.2. The Bertz CT molecular complexity index is 833. The summed E-state index contributed by atoms with van der Waals surface area (Å²) >= 11 is 3.46. The first kappa shape index (κ1) is 16.4. The number of anilines is 1. The van der Waals surface area contributed by atoms with E-state index in [0.29, 0.717) is 11.4 Å². The van der Waals surface area contributed by atoms with Gasteiger partial charge in [0, 0.05) is 29.6 Å². The van der Waals surface area contributed by atoms with Gasteiger partial charge in [0.15, 0.2) is 0 Å². The number of rotatable bonds is 2. The van der Waals surface area contributed by atoms with Crippen molar-refractivity contribution in [1.29, 1.82) is 0 Å². The molecule has 122 valence electrons. The Hall–Kier alpha value is -2.47. The first-order chi connectivity index (χ1) is 11.5. The molecule has 2 aromatic rings. The summed E-state index contributed by atoms with van der Waals surface area (Å²) in [5.41, 5.74) is 2.95. The number of fused-ring (bicyclic) bond motifs is 1. The van der Waals surface area contributed by atoms with Gasteiger partial charge in [0.25, 0.3) is 12.1 Å². The molecule has 1 atom stereocenters. The van der Waals surface area contributed by atoms with Crippen molar-refractivity contribution in [3.8, 4) is 0 Å². The number of benzodiazepines with no additional fused rings is 1. The highest BCUT2D eigenvalue weighted by Gasteiger charge is 2.32. The van der Waals surface area contributed by atoms with E-state index in [9.17, 15) is 9.59 Å². The van der Waals surface area contributed by atoms with Crippen LogP contribution in [-0.4, -0.2) is 30.9 Å². The molecule has 0 N–H and O–H groups in total. The van der Waals surface area contributed by atoms with E-state index >= 15 is 0 Å². The maximum atomic E-state index is 12.6. The summed E-state index contributed by atoms with van der Waals surface area (Å²) in [5, 5.41) is 0. The molecule has 0 saturated carbocycles. The van der Waals surface area contributed by atoms with Gasteiger partial charge in [0.2, 0.25) is 0 Å². The summed E-state index contributed by atoms with van der Waals surface area (Å²) < 4.78 is 6.01. The fourth-order valence-corrected chi connectivity index (χ4v) is 2.94. The number of carbonyl (C=O) groups is 2. The second kappa shape index (κ2) is 6.57. The minimum atomic E-state index is -1.20.